The van der Waals surface area contributed by atoms with Crippen molar-refractivity contribution >= 4 is 5.91 Å². The Kier molecular flexibility index (Phi) is 5.41. The van der Waals surface area contributed by atoms with Crippen molar-refractivity contribution in [3.63, 3.8) is 0 Å². The zero-order chi connectivity index (χ0) is 15.2. The van der Waals surface area contributed by atoms with Crippen molar-refractivity contribution in [3.05, 3.63) is 35.4 Å². The summed E-state index contributed by atoms with van der Waals surface area (Å²) in [6.07, 6.45) is 2.20. The van der Waals surface area contributed by atoms with E-state index in [-0.39, 0.29) is 12.5 Å². The maximum Gasteiger partial charge on any atom is 0.253 e. The van der Waals surface area contributed by atoms with E-state index in [1.54, 1.807) is 0 Å². The first-order chi connectivity index (χ1) is 10.1. The van der Waals surface area contributed by atoms with E-state index in [0.29, 0.717) is 11.5 Å². The predicted molar refractivity (Wildman–Crippen MR) is 83.9 cm³/mol. The van der Waals surface area contributed by atoms with Crippen molar-refractivity contribution < 1.29 is 9.90 Å². The molecule has 3 nitrogen and oxygen atoms in total. The lowest BCUT2D eigenvalue weighted by Crippen LogP contribution is -2.39. The average molecular weight is 285 g/mol. The highest BCUT2D eigenvalue weighted by Crippen LogP contribution is 2.25. The number of aliphatic hydroxyl groups is 1. The fraction of sp³-hybridized carbons (Fsp3) is 0.500. The summed E-state index contributed by atoms with van der Waals surface area (Å²) in [4.78, 5) is 14.4. The number of hydrogen-bond donors (Lipinski definition) is 1. The van der Waals surface area contributed by atoms with Gasteiger partial charge in [-0.3, -0.25) is 4.79 Å². The molecule has 21 heavy (non-hydrogen) atoms. The van der Waals surface area contributed by atoms with Gasteiger partial charge in [0.25, 0.3) is 5.91 Å². The topological polar surface area (TPSA) is 40.5 Å². The molecule has 0 atom stereocenters. The third kappa shape index (κ3) is 4.09. The number of carbonyl (C=O) groups excluding carboxylic acids is 1. The van der Waals surface area contributed by atoms with Gasteiger partial charge in [-0.05, 0) is 48.9 Å². The molecule has 2 rings (SSSR count). The average Bonchev–Trinajstić information content (AvgIpc) is 2.53. The molecule has 0 unspecified atom stereocenters. The normalized spacial score (nSPS) is 15.7. The first kappa shape index (κ1) is 15.6. The summed E-state index contributed by atoms with van der Waals surface area (Å²) in [5.41, 5.74) is 1.53. The SMILES string of the molecule is CC(C)C1CCN(C(=O)c2ccc(C#CCO)cc2)CC1. The molecule has 1 aliphatic heterocycles. The third-order valence-electron chi connectivity index (χ3n) is 4.21. The predicted octanol–water partition coefficient (Wildman–Crippen LogP) is 2.54. The molecule has 1 aromatic carbocycles. The van der Waals surface area contributed by atoms with Gasteiger partial charge in [0.05, 0.1) is 0 Å². The highest BCUT2D eigenvalue weighted by molar-refractivity contribution is 5.94. The molecule has 112 valence electrons. The van der Waals surface area contributed by atoms with Crippen molar-refractivity contribution in [1.82, 2.24) is 4.90 Å². The van der Waals surface area contributed by atoms with Crippen molar-refractivity contribution in [3.8, 4) is 11.8 Å². The van der Waals surface area contributed by atoms with Gasteiger partial charge in [-0.25, -0.2) is 0 Å². The van der Waals surface area contributed by atoms with E-state index in [4.69, 9.17) is 5.11 Å². The molecule has 1 heterocycles. The molecular weight excluding hydrogens is 262 g/mol. The van der Waals surface area contributed by atoms with E-state index in [0.717, 1.165) is 37.4 Å². The molecule has 1 aromatic rings. The molecule has 0 aliphatic carbocycles. The summed E-state index contributed by atoms with van der Waals surface area (Å²) in [6.45, 7) is 6.08. The van der Waals surface area contributed by atoms with Gasteiger partial charge in [0.2, 0.25) is 0 Å². The van der Waals surface area contributed by atoms with Gasteiger partial charge in [0, 0.05) is 24.2 Å². The van der Waals surface area contributed by atoms with E-state index in [1.165, 1.54) is 0 Å². The molecule has 0 bridgehead atoms. The van der Waals surface area contributed by atoms with Crippen molar-refractivity contribution in [2.45, 2.75) is 26.7 Å². The molecule has 1 amide bonds. The number of piperidine rings is 1. The summed E-state index contributed by atoms with van der Waals surface area (Å²) in [5, 5.41) is 8.67. The van der Waals surface area contributed by atoms with E-state index < -0.39 is 0 Å². The fourth-order valence-corrected chi connectivity index (χ4v) is 2.79. The summed E-state index contributed by atoms with van der Waals surface area (Å²) < 4.78 is 0. The molecule has 0 saturated carbocycles. The minimum absolute atomic E-state index is 0.110. The Morgan fingerprint density at radius 3 is 2.43 bits per heavy atom. The number of amides is 1. The summed E-state index contributed by atoms with van der Waals surface area (Å²) in [7, 11) is 0. The summed E-state index contributed by atoms with van der Waals surface area (Å²) >= 11 is 0. The Morgan fingerprint density at radius 2 is 1.90 bits per heavy atom. The molecule has 1 saturated heterocycles. The quantitative estimate of drug-likeness (QED) is 0.848. The van der Waals surface area contributed by atoms with Gasteiger partial charge in [-0.2, -0.15) is 0 Å². The zero-order valence-corrected chi connectivity index (χ0v) is 12.8. The Bertz CT molecular complexity index is 529. The fourth-order valence-electron chi connectivity index (χ4n) is 2.79. The standard InChI is InChI=1S/C18H23NO2/c1-14(2)16-9-11-19(12-10-16)18(21)17-7-5-15(6-8-17)4-3-13-20/h5-8,14,16,20H,9-13H2,1-2H3. The van der Waals surface area contributed by atoms with Gasteiger partial charge in [0.1, 0.15) is 6.61 Å². The van der Waals surface area contributed by atoms with Crippen LogP contribution in [-0.2, 0) is 0 Å². The minimum Gasteiger partial charge on any atom is -0.384 e. The molecule has 1 aliphatic rings. The number of nitrogens with zero attached hydrogens (tertiary/aromatic N) is 1. The Labute approximate surface area is 127 Å². The van der Waals surface area contributed by atoms with Crippen LogP contribution in [-0.4, -0.2) is 35.6 Å². The molecule has 0 spiro atoms. The van der Waals surface area contributed by atoms with Crippen LogP contribution in [0.15, 0.2) is 24.3 Å². The second kappa shape index (κ2) is 7.28. The lowest BCUT2D eigenvalue weighted by atomic mass is 9.86. The molecule has 1 fully saturated rings. The third-order valence-corrected chi connectivity index (χ3v) is 4.21. The highest BCUT2D eigenvalue weighted by atomic mass is 16.2. The van der Waals surface area contributed by atoms with Gasteiger partial charge < -0.3 is 10.0 Å². The van der Waals surface area contributed by atoms with Crippen LogP contribution in [0.2, 0.25) is 0 Å². The maximum atomic E-state index is 12.5. The lowest BCUT2D eigenvalue weighted by molar-refractivity contribution is 0.0667. The number of rotatable bonds is 2. The smallest absolute Gasteiger partial charge is 0.253 e. The molecule has 3 heteroatoms. The van der Waals surface area contributed by atoms with E-state index in [2.05, 4.69) is 25.7 Å². The van der Waals surface area contributed by atoms with Gasteiger partial charge in [0.15, 0.2) is 0 Å². The minimum atomic E-state index is -0.147. The summed E-state index contributed by atoms with van der Waals surface area (Å²) in [6, 6.07) is 7.30. The van der Waals surface area contributed by atoms with Crippen LogP contribution >= 0.6 is 0 Å². The van der Waals surface area contributed by atoms with Crippen LogP contribution < -0.4 is 0 Å². The van der Waals surface area contributed by atoms with Crippen LogP contribution in [0, 0.1) is 23.7 Å². The van der Waals surface area contributed by atoms with Gasteiger partial charge in [-0.1, -0.05) is 25.7 Å². The first-order valence-corrected chi connectivity index (χ1v) is 7.61. The molecule has 0 aromatic heterocycles. The second-order valence-electron chi connectivity index (χ2n) is 5.91. The molecule has 0 radical (unpaired) electrons. The van der Waals surface area contributed by atoms with E-state index >= 15 is 0 Å². The van der Waals surface area contributed by atoms with Crippen LogP contribution in [0.3, 0.4) is 0 Å². The summed E-state index contributed by atoms with van der Waals surface area (Å²) in [5.74, 6) is 6.99. The Balaban J connectivity index is 1.97. The number of carbonyl (C=O) groups is 1. The first-order valence-electron chi connectivity index (χ1n) is 7.61. The Morgan fingerprint density at radius 1 is 1.29 bits per heavy atom. The van der Waals surface area contributed by atoms with E-state index in [1.807, 2.05) is 29.2 Å². The van der Waals surface area contributed by atoms with Crippen molar-refractivity contribution in [1.29, 1.82) is 0 Å². The van der Waals surface area contributed by atoms with Crippen LogP contribution in [0.5, 0.6) is 0 Å². The number of benzene rings is 1. The second-order valence-corrected chi connectivity index (χ2v) is 5.91. The maximum absolute atomic E-state index is 12.5. The van der Waals surface area contributed by atoms with Gasteiger partial charge >= 0.3 is 0 Å². The van der Waals surface area contributed by atoms with E-state index in [9.17, 15) is 4.79 Å². The van der Waals surface area contributed by atoms with Crippen LogP contribution in [0.25, 0.3) is 0 Å². The van der Waals surface area contributed by atoms with Crippen LogP contribution in [0.1, 0.15) is 42.6 Å². The van der Waals surface area contributed by atoms with Gasteiger partial charge in [-0.15, -0.1) is 0 Å². The molecule has 1 N–H and O–H groups in total. The number of likely N-dealkylation sites (tertiary alicyclic amines) is 1. The number of hydrogen-bond acceptors (Lipinski definition) is 2. The number of aliphatic hydroxyl groups excluding tert-OH is 1. The zero-order valence-electron chi connectivity index (χ0n) is 12.8. The van der Waals surface area contributed by atoms with Crippen LogP contribution in [0.4, 0.5) is 0 Å². The Hall–Kier alpha value is -1.79. The van der Waals surface area contributed by atoms with Crippen molar-refractivity contribution in [2.75, 3.05) is 19.7 Å². The highest BCUT2D eigenvalue weighted by Gasteiger charge is 2.24. The monoisotopic (exact) mass is 285 g/mol. The van der Waals surface area contributed by atoms with Crippen molar-refractivity contribution in [2.24, 2.45) is 11.8 Å². The molecular formula is C18H23NO2. The lowest BCUT2D eigenvalue weighted by Gasteiger charge is -2.34. The largest absolute Gasteiger partial charge is 0.384 e.